The summed E-state index contributed by atoms with van der Waals surface area (Å²) in [7, 11) is 0. The molecule has 0 radical (unpaired) electrons. The molecular formula is C14H20O. The van der Waals surface area contributed by atoms with Crippen LogP contribution in [0.15, 0.2) is 35.5 Å². The fraction of sp³-hybridized carbons (Fsp3) is 0.500. The van der Waals surface area contributed by atoms with Gasteiger partial charge in [-0.1, -0.05) is 44.6 Å². The average molecular weight is 204 g/mol. The molecule has 0 unspecified atom stereocenters. The normalized spacial score (nSPS) is 19.2. The van der Waals surface area contributed by atoms with Crippen LogP contribution in [0.2, 0.25) is 0 Å². The van der Waals surface area contributed by atoms with Gasteiger partial charge in [0.05, 0.1) is 0 Å². The van der Waals surface area contributed by atoms with Gasteiger partial charge in [-0.05, 0) is 24.8 Å². The third-order valence-electron chi connectivity index (χ3n) is 2.39. The minimum atomic E-state index is 0.330. The fourth-order valence-electron chi connectivity index (χ4n) is 1.75. The van der Waals surface area contributed by atoms with Crippen LogP contribution in [0.3, 0.4) is 0 Å². The van der Waals surface area contributed by atoms with E-state index in [1.807, 2.05) is 0 Å². The molecule has 1 saturated carbocycles. The molecule has 0 aromatic carbocycles. The third kappa shape index (κ3) is 3.50. The minimum absolute atomic E-state index is 0.330. The van der Waals surface area contributed by atoms with Crippen molar-refractivity contribution >= 4 is 5.78 Å². The second-order valence-corrected chi connectivity index (χ2v) is 3.96. The average Bonchev–Trinajstić information content (AvgIpc) is 2.45. The number of hydrogen-bond donors (Lipinski definition) is 0. The van der Waals surface area contributed by atoms with Gasteiger partial charge in [-0.3, -0.25) is 4.79 Å². The Balaban J connectivity index is 0.000000337. The van der Waals surface area contributed by atoms with Crippen LogP contribution >= 0.6 is 0 Å². The Morgan fingerprint density at radius 2 is 2.00 bits per heavy atom. The van der Waals surface area contributed by atoms with E-state index in [0.717, 1.165) is 31.3 Å². The molecule has 1 heteroatoms. The van der Waals surface area contributed by atoms with E-state index in [1.54, 1.807) is 0 Å². The molecule has 0 aromatic rings. The number of fused-ring (bicyclic) bond motifs is 1. The van der Waals surface area contributed by atoms with Gasteiger partial charge in [-0.15, -0.1) is 0 Å². The standard InChI is InChI=1S/C11H12O.C3H8/c12-11-8-4-6-9-5-2-1-3-7-10(9)11;1-3-2/h1-2,5,7H,3-4,6,8H2;3H2,1-2H3. The molecule has 1 nitrogen and oxygen atoms in total. The molecule has 2 aliphatic carbocycles. The van der Waals surface area contributed by atoms with E-state index in [1.165, 1.54) is 12.0 Å². The summed E-state index contributed by atoms with van der Waals surface area (Å²) in [4.78, 5) is 11.4. The lowest BCUT2D eigenvalue weighted by atomic mass is 9.88. The first-order valence-electron chi connectivity index (χ1n) is 5.89. The minimum Gasteiger partial charge on any atom is -0.294 e. The van der Waals surface area contributed by atoms with E-state index in [-0.39, 0.29) is 0 Å². The Morgan fingerprint density at radius 3 is 2.73 bits per heavy atom. The van der Waals surface area contributed by atoms with Crippen LogP contribution in [0, 0.1) is 0 Å². The quantitative estimate of drug-likeness (QED) is 0.583. The van der Waals surface area contributed by atoms with Gasteiger partial charge in [0.25, 0.3) is 0 Å². The SMILES string of the molecule is CCC.O=C1CCCC2=CC=CCC=C12. The first kappa shape index (κ1) is 12.0. The summed E-state index contributed by atoms with van der Waals surface area (Å²) in [5, 5.41) is 0. The highest BCUT2D eigenvalue weighted by Crippen LogP contribution is 2.27. The van der Waals surface area contributed by atoms with E-state index in [2.05, 4.69) is 38.2 Å². The molecule has 0 amide bonds. The maximum Gasteiger partial charge on any atom is 0.162 e. The molecule has 1 fully saturated rings. The first-order chi connectivity index (χ1) is 7.29. The summed E-state index contributed by atoms with van der Waals surface area (Å²) >= 11 is 0. The summed E-state index contributed by atoms with van der Waals surface area (Å²) < 4.78 is 0. The summed E-state index contributed by atoms with van der Waals surface area (Å²) in [5.74, 6) is 0.330. The van der Waals surface area contributed by atoms with E-state index < -0.39 is 0 Å². The predicted octanol–water partition coefficient (Wildman–Crippen LogP) is 3.97. The van der Waals surface area contributed by atoms with Gasteiger partial charge in [0.1, 0.15) is 0 Å². The molecular weight excluding hydrogens is 184 g/mol. The lowest BCUT2D eigenvalue weighted by molar-refractivity contribution is -0.115. The predicted molar refractivity (Wildman–Crippen MR) is 64.7 cm³/mol. The zero-order valence-electron chi connectivity index (χ0n) is 9.75. The highest BCUT2D eigenvalue weighted by molar-refractivity contribution is 6.00. The number of ketones is 1. The summed E-state index contributed by atoms with van der Waals surface area (Å²) in [6, 6.07) is 0. The first-order valence-corrected chi connectivity index (χ1v) is 5.89. The summed E-state index contributed by atoms with van der Waals surface area (Å²) in [6.45, 7) is 4.25. The van der Waals surface area contributed by atoms with Crippen LogP contribution in [0.1, 0.15) is 46.0 Å². The smallest absolute Gasteiger partial charge is 0.162 e. The molecule has 0 aliphatic heterocycles. The van der Waals surface area contributed by atoms with Crippen LogP contribution in [-0.2, 0) is 4.79 Å². The Labute approximate surface area is 92.6 Å². The monoisotopic (exact) mass is 204 g/mol. The molecule has 0 saturated heterocycles. The van der Waals surface area contributed by atoms with Crippen molar-refractivity contribution in [1.29, 1.82) is 0 Å². The van der Waals surface area contributed by atoms with Gasteiger partial charge in [-0.25, -0.2) is 0 Å². The van der Waals surface area contributed by atoms with Crippen molar-refractivity contribution in [2.75, 3.05) is 0 Å². The molecule has 2 rings (SSSR count). The molecule has 2 aliphatic rings. The van der Waals surface area contributed by atoms with Crippen LogP contribution in [0.5, 0.6) is 0 Å². The van der Waals surface area contributed by atoms with Crippen molar-refractivity contribution in [2.45, 2.75) is 46.0 Å². The van der Waals surface area contributed by atoms with Gasteiger partial charge in [0, 0.05) is 12.0 Å². The Kier molecular flexibility index (Phi) is 5.09. The third-order valence-corrected chi connectivity index (χ3v) is 2.39. The lowest BCUT2D eigenvalue weighted by Gasteiger charge is -2.15. The second-order valence-electron chi connectivity index (χ2n) is 3.96. The molecule has 82 valence electrons. The summed E-state index contributed by atoms with van der Waals surface area (Å²) in [6.07, 6.45) is 13.3. The maximum atomic E-state index is 11.4. The van der Waals surface area contributed by atoms with Crippen molar-refractivity contribution in [2.24, 2.45) is 0 Å². The number of carbonyl (C=O) groups excluding carboxylic acids is 1. The van der Waals surface area contributed by atoms with E-state index >= 15 is 0 Å². The fourth-order valence-corrected chi connectivity index (χ4v) is 1.75. The van der Waals surface area contributed by atoms with Crippen LogP contribution < -0.4 is 0 Å². The van der Waals surface area contributed by atoms with Gasteiger partial charge in [0.2, 0.25) is 0 Å². The molecule has 0 atom stereocenters. The highest BCUT2D eigenvalue weighted by atomic mass is 16.1. The Morgan fingerprint density at radius 1 is 1.27 bits per heavy atom. The van der Waals surface area contributed by atoms with E-state index in [4.69, 9.17) is 0 Å². The van der Waals surface area contributed by atoms with E-state index in [9.17, 15) is 4.79 Å². The molecule has 0 spiro atoms. The topological polar surface area (TPSA) is 17.1 Å². The zero-order valence-corrected chi connectivity index (χ0v) is 9.75. The molecule has 0 heterocycles. The van der Waals surface area contributed by atoms with Crippen molar-refractivity contribution in [1.82, 2.24) is 0 Å². The molecule has 0 bridgehead atoms. The van der Waals surface area contributed by atoms with Crippen LogP contribution in [-0.4, -0.2) is 5.78 Å². The molecule has 15 heavy (non-hydrogen) atoms. The van der Waals surface area contributed by atoms with Crippen LogP contribution in [0.25, 0.3) is 0 Å². The van der Waals surface area contributed by atoms with Crippen molar-refractivity contribution < 1.29 is 4.79 Å². The van der Waals surface area contributed by atoms with Crippen molar-refractivity contribution in [3.05, 3.63) is 35.5 Å². The van der Waals surface area contributed by atoms with Gasteiger partial charge >= 0.3 is 0 Å². The van der Waals surface area contributed by atoms with E-state index in [0.29, 0.717) is 5.78 Å². The zero-order chi connectivity index (χ0) is 11.1. The second kappa shape index (κ2) is 6.39. The lowest BCUT2D eigenvalue weighted by Crippen LogP contribution is -2.10. The molecule has 0 aromatic heterocycles. The maximum absolute atomic E-state index is 11.4. The summed E-state index contributed by atoms with van der Waals surface area (Å²) in [5.41, 5.74) is 2.21. The van der Waals surface area contributed by atoms with Gasteiger partial charge in [0.15, 0.2) is 5.78 Å². The number of Topliss-reactive ketones (excluding diaryl/α,β-unsaturated/α-hetero) is 1. The Bertz CT molecular complexity index is 305. The number of allylic oxidation sites excluding steroid dienone is 6. The van der Waals surface area contributed by atoms with Gasteiger partial charge < -0.3 is 0 Å². The highest BCUT2D eigenvalue weighted by Gasteiger charge is 2.19. The van der Waals surface area contributed by atoms with Gasteiger partial charge in [-0.2, -0.15) is 0 Å². The van der Waals surface area contributed by atoms with Crippen LogP contribution in [0.4, 0.5) is 0 Å². The van der Waals surface area contributed by atoms with Crippen molar-refractivity contribution in [3.63, 3.8) is 0 Å². The molecule has 0 N–H and O–H groups in total. The largest absolute Gasteiger partial charge is 0.294 e. The number of rotatable bonds is 0. The Hall–Kier alpha value is -1.11. The van der Waals surface area contributed by atoms with Crippen molar-refractivity contribution in [3.8, 4) is 0 Å². The number of hydrogen-bond acceptors (Lipinski definition) is 1. The number of carbonyl (C=O) groups is 1.